The first-order valence-electron chi connectivity index (χ1n) is 11.6. The molecular formula is C24H30F8O. The summed E-state index contributed by atoms with van der Waals surface area (Å²) in [5, 5.41) is 0. The van der Waals surface area contributed by atoms with Gasteiger partial charge in [0.25, 0.3) is 0 Å². The number of hydrogen-bond donors (Lipinski definition) is 0. The highest BCUT2D eigenvalue weighted by Gasteiger charge is 2.75. The Hall–Kier alpha value is -1.54. The molecule has 33 heavy (non-hydrogen) atoms. The quantitative estimate of drug-likeness (QED) is 0.350. The van der Waals surface area contributed by atoms with Crippen LogP contribution in [0.25, 0.3) is 0 Å². The Balaban J connectivity index is 1.57. The Morgan fingerprint density at radius 2 is 1.39 bits per heavy atom. The number of alkyl halides is 8. The Kier molecular flexibility index (Phi) is 7.89. The molecule has 0 saturated heterocycles. The summed E-state index contributed by atoms with van der Waals surface area (Å²) < 4.78 is 108. The largest absolute Gasteiger partial charge is 0.474 e. The van der Waals surface area contributed by atoms with E-state index in [2.05, 4.69) is 11.7 Å². The van der Waals surface area contributed by atoms with Crippen molar-refractivity contribution in [2.24, 2.45) is 17.8 Å². The fourth-order valence-corrected chi connectivity index (χ4v) is 5.47. The Morgan fingerprint density at radius 3 is 1.91 bits per heavy atom. The number of rotatable bonds is 7. The lowest BCUT2D eigenvalue weighted by Crippen LogP contribution is -2.55. The van der Waals surface area contributed by atoms with Gasteiger partial charge in [0.15, 0.2) is 0 Å². The normalized spacial score (nSPS) is 29.7. The Labute approximate surface area is 188 Å². The molecule has 3 rings (SSSR count). The summed E-state index contributed by atoms with van der Waals surface area (Å²) in [6, 6.07) is 4.27. The summed E-state index contributed by atoms with van der Waals surface area (Å²) in [6.45, 7) is 2.18. The molecule has 9 heteroatoms. The van der Waals surface area contributed by atoms with Gasteiger partial charge in [0.05, 0.1) is 0 Å². The fraction of sp³-hybridized carbons (Fsp3) is 0.750. The summed E-state index contributed by atoms with van der Waals surface area (Å²) in [4.78, 5) is 0. The zero-order chi connectivity index (χ0) is 24.4. The molecule has 0 bridgehead atoms. The molecular weight excluding hydrogens is 456 g/mol. The van der Waals surface area contributed by atoms with Gasteiger partial charge in [-0.15, -0.1) is 0 Å². The Morgan fingerprint density at radius 1 is 0.818 bits per heavy atom. The summed E-state index contributed by atoms with van der Waals surface area (Å²) in [5.41, 5.74) is 0.492. The molecule has 1 aromatic carbocycles. The van der Waals surface area contributed by atoms with E-state index in [1.807, 2.05) is 0 Å². The van der Waals surface area contributed by atoms with Gasteiger partial charge in [-0.05, 0) is 67.6 Å². The van der Waals surface area contributed by atoms with Crippen molar-refractivity contribution in [3.05, 3.63) is 29.8 Å². The highest BCUT2D eigenvalue weighted by atomic mass is 19.4. The second-order valence-electron chi connectivity index (χ2n) is 9.53. The van der Waals surface area contributed by atoms with E-state index in [0.717, 1.165) is 37.3 Å². The van der Waals surface area contributed by atoms with Crippen LogP contribution in [0.4, 0.5) is 35.1 Å². The molecule has 0 radical (unpaired) electrons. The molecule has 2 fully saturated rings. The van der Waals surface area contributed by atoms with Crippen LogP contribution in [0.15, 0.2) is 24.3 Å². The fourth-order valence-electron chi connectivity index (χ4n) is 5.47. The number of benzene rings is 1. The molecule has 0 amide bonds. The molecule has 188 valence electrons. The summed E-state index contributed by atoms with van der Waals surface area (Å²) >= 11 is 0. The lowest BCUT2D eigenvalue weighted by molar-refractivity contribution is -0.402. The van der Waals surface area contributed by atoms with Gasteiger partial charge in [-0.2, -0.15) is 30.7 Å². The zero-order valence-corrected chi connectivity index (χ0v) is 18.5. The van der Waals surface area contributed by atoms with Gasteiger partial charge in [-0.25, -0.2) is 4.39 Å². The minimum atomic E-state index is -6.47. The van der Waals surface area contributed by atoms with Crippen LogP contribution >= 0.6 is 0 Å². The number of hydrogen-bond acceptors (Lipinski definition) is 1. The van der Waals surface area contributed by atoms with E-state index < -0.39 is 36.0 Å². The molecule has 0 spiro atoms. The monoisotopic (exact) mass is 486 g/mol. The molecule has 2 saturated carbocycles. The van der Waals surface area contributed by atoms with Crippen molar-refractivity contribution in [1.29, 1.82) is 0 Å². The van der Waals surface area contributed by atoms with Gasteiger partial charge in [0, 0.05) is 5.92 Å². The van der Waals surface area contributed by atoms with E-state index in [9.17, 15) is 30.7 Å². The van der Waals surface area contributed by atoms with Crippen LogP contribution in [0.1, 0.15) is 76.2 Å². The molecule has 3 atom stereocenters. The third-order valence-corrected chi connectivity index (χ3v) is 7.34. The molecule has 1 nitrogen and oxygen atoms in total. The first-order valence-corrected chi connectivity index (χ1v) is 11.6. The first kappa shape index (κ1) is 26.1. The van der Waals surface area contributed by atoms with Gasteiger partial charge in [-0.1, -0.05) is 44.7 Å². The third kappa shape index (κ3) is 5.76. The standard InChI is InChI=1S/C24H30F8O/c1-2-3-15-4-6-16(7-5-15)18-10-13-20(21(25)14-18)17-8-11-19(12-9-17)33-24(31,32)22(26,27)23(28,29)30/h8-9,11-12,15-16,18,20-21H,2-7,10,13-14H2,1H3. The maximum Gasteiger partial charge on any atom is 0.474 e. The van der Waals surface area contributed by atoms with Crippen LogP contribution in [-0.2, 0) is 0 Å². The molecule has 0 aromatic heterocycles. The van der Waals surface area contributed by atoms with Crippen LogP contribution < -0.4 is 4.74 Å². The van der Waals surface area contributed by atoms with Crippen LogP contribution in [0, 0.1) is 17.8 Å². The molecule has 0 aliphatic heterocycles. The van der Waals surface area contributed by atoms with Crippen molar-refractivity contribution in [1.82, 2.24) is 0 Å². The topological polar surface area (TPSA) is 9.23 Å². The van der Waals surface area contributed by atoms with Crippen molar-refractivity contribution in [3.8, 4) is 5.75 Å². The number of ether oxygens (including phenoxy) is 1. The first-order chi connectivity index (χ1) is 15.4. The SMILES string of the molecule is CCCC1CCC(C2CCC(c3ccc(OC(F)(F)C(F)(F)C(F)(F)F)cc3)C(F)C2)CC1. The van der Waals surface area contributed by atoms with E-state index in [1.165, 1.54) is 37.8 Å². The summed E-state index contributed by atoms with van der Waals surface area (Å²) in [6.07, 6.45) is -4.48. The van der Waals surface area contributed by atoms with Crippen molar-refractivity contribution >= 4 is 0 Å². The number of halogens is 8. The molecule has 2 aliphatic carbocycles. The van der Waals surface area contributed by atoms with Gasteiger partial charge < -0.3 is 4.74 Å². The van der Waals surface area contributed by atoms with Crippen LogP contribution in [0.5, 0.6) is 5.75 Å². The van der Waals surface area contributed by atoms with Gasteiger partial charge in [-0.3, -0.25) is 0 Å². The molecule has 0 N–H and O–H groups in total. The van der Waals surface area contributed by atoms with Crippen LogP contribution in [0.2, 0.25) is 0 Å². The second kappa shape index (κ2) is 9.98. The summed E-state index contributed by atoms with van der Waals surface area (Å²) in [7, 11) is 0. The molecule has 3 unspecified atom stereocenters. The van der Waals surface area contributed by atoms with Crippen LogP contribution in [0.3, 0.4) is 0 Å². The average molecular weight is 486 g/mol. The van der Waals surface area contributed by atoms with Gasteiger partial charge >= 0.3 is 18.2 Å². The van der Waals surface area contributed by atoms with Crippen molar-refractivity contribution in [2.75, 3.05) is 0 Å². The second-order valence-corrected chi connectivity index (χ2v) is 9.53. The Bertz CT molecular complexity index is 753. The van der Waals surface area contributed by atoms with Crippen molar-refractivity contribution in [3.63, 3.8) is 0 Å². The maximum absolute atomic E-state index is 15.0. The van der Waals surface area contributed by atoms with Gasteiger partial charge in [0.1, 0.15) is 11.9 Å². The van der Waals surface area contributed by atoms with E-state index in [0.29, 0.717) is 30.2 Å². The molecule has 1 aromatic rings. The highest BCUT2D eigenvalue weighted by molar-refractivity contribution is 5.31. The van der Waals surface area contributed by atoms with E-state index in [4.69, 9.17) is 0 Å². The molecule has 0 heterocycles. The lowest BCUT2D eigenvalue weighted by atomic mass is 9.67. The zero-order valence-electron chi connectivity index (χ0n) is 18.5. The van der Waals surface area contributed by atoms with E-state index >= 15 is 4.39 Å². The maximum atomic E-state index is 15.0. The van der Waals surface area contributed by atoms with Crippen LogP contribution in [-0.4, -0.2) is 24.4 Å². The minimum absolute atomic E-state index is 0.310. The van der Waals surface area contributed by atoms with Crippen molar-refractivity contribution in [2.45, 2.75) is 95.0 Å². The predicted molar refractivity (Wildman–Crippen MR) is 108 cm³/mol. The molecule has 2 aliphatic rings. The minimum Gasteiger partial charge on any atom is -0.428 e. The van der Waals surface area contributed by atoms with E-state index in [-0.39, 0.29) is 0 Å². The predicted octanol–water partition coefficient (Wildman–Crippen LogP) is 8.68. The average Bonchev–Trinajstić information content (AvgIpc) is 2.74. The summed E-state index contributed by atoms with van der Waals surface area (Å²) in [5.74, 6) is -6.07. The van der Waals surface area contributed by atoms with Crippen molar-refractivity contribution < 1.29 is 39.9 Å². The third-order valence-electron chi connectivity index (χ3n) is 7.34. The smallest absolute Gasteiger partial charge is 0.428 e. The highest BCUT2D eigenvalue weighted by Crippen LogP contribution is 2.48. The lowest BCUT2D eigenvalue weighted by Gasteiger charge is -2.39. The van der Waals surface area contributed by atoms with E-state index in [1.54, 1.807) is 0 Å². The van der Waals surface area contributed by atoms with Gasteiger partial charge in [0.2, 0.25) is 0 Å².